The number of nitrogen functional groups attached to an aromatic ring is 1. The van der Waals surface area contributed by atoms with Gasteiger partial charge in [-0.1, -0.05) is 6.92 Å². The third-order valence-corrected chi connectivity index (χ3v) is 3.99. The zero-order valence-electron chi connectivity index (χ0n) is 14.7. The summed E-state index contributed by atoms with van der Waals surface area (Å²) in [5.74, 6) is -0.151. The number of aromatic nitrogens is 1. The molecule has 0 aliphatic carbocycles. The normalized spacial score (nSPS) is 10.6. The molecule has 2 N–H and O–H groups in total. The number of halogens is 1. The molecule has 1 aromatic heterocycles. The minimum atomic E-state index is -0.438. The SMILES string of the molecule is C[CH]COc1ccc(-n2c(N)c(C(=O)c3ccc(F)cc3)ccc2=O)cc1. The molecule has 0 spiro atoms. The van der Waals surface area contributed by atoms with E-state index < -0.39 is 5.82 Å². The number of rotatable bonds is 6. The lowest BCUT2D eigenvalue weighted by atomic mass is 10.0. The van der Waals surface area contributed by atoms with Crippen LogP contribution in [0, 0.1) is 12.2 Å². The third-order valence-electron chi connectivity index (χ3n) is 3.99. The van der Waals surface area contributed by atoms with Crippen molar-refractivity contribution in [2.75, 3.05) is 12.3 Å². The van der Waals surface area contributed by atoms with Crippen LogP contribution in [0.4, 0.5) is 10.2 Å². The third kappa shape index (κ3) is 3.89. The summed E-state index contributed by atoms with van der Waals surface area (Å²) in [5.41, 5.74) is 6.74. The number of pyridine rings is 1. The smallest absolute Gasteiger partial charge is 0.256 e. The van der Waals surface area contributed by atoms with Gasteiger partial charge in [0.2, 0.25) is 0 Å². The quantitative estimate of drug-likeness (QED) is 0.680. The summed E-state index contributed by atoms with van der Waals surface area (Å²) in [7, 11) is 0. The van der Waals surface area contributed by atoms with Crippen LogP contribution in [0.5, 0.6) is 5.75 Å². The number of hydrogen-bond acceptors (Lipinski definition) is 4. The Kier molecular flexibility index (Phi) is 5.35. The molecule has 3 rings (SSSR count). The molecule has 0 unspecified atom stereocenters. The Morgan fingerprint density at radius 3 is 2.37 bits per heavy atom. The van der Waals surface area contributed by atoms with Gasteiger partial charge in [-0.2, -0.15) is 0 Å². The van der Waals surface area contributed by atoms with E-state index in [1.807, 2.05) is 13.3 Å². The van der Waals surface area contributed by atoms with Crippen molar-refractivity contribution in [2.24, 2.45) is 0 Å². The van der Waals surface area contributed by atoms with Gasteiger partial charge in [0.25, 0.3) is 5.56 Å². The molecule has 137 valence electrons. The van der Waals surface area contributed by atoms with E-state index in [9.17, 15) is 14.0 Å². The van der Waals surface area contributed by atoms with E-state index in [4.69, 9.17) is 10.5 Å². The Morgan fingerprint density at radius 2 is 1.74 bits per heavy atom. The van der Waals surface area contributed by atoms with Crippen molar-refractivity contribution in [2.45, 2.75) is 6.92 Å². The molecule has 3 aromatic rings. The van der Waals surface area contributed by atoms with Gasteiger partial charge in [-0.25, -0.2) is 4.39 Å². The number of nitrogens with two attached hydrogens (primary N) is 1. The first kappa shape index (κ1) is 18.4. The van der Waals surface area contributed by atoms with Crippen molar-refractivity contribution >= 4 is 11.6 Å². The van der Waals surface area contributed by atoms with Crippen molar-refractivity contribution < 1.29 is 13.9 Å². The molecule has 0 saturated carbocycles. The van der Waals surface area contributed by atoms with E-state index in [1.165, 1.54) is 41.0 Å². The maximum Gasteiger partial charge on any atom is 0.256 e. The fourth-order valence-electron chi connectivity index (χ4n) is 2.64. The standard InChI is InChI=1S/C21H18FN2O3/c1-2-13-27-17-9-7-16(8-10-17)24-19(25)12-11-18(21(24)23)20(26)14-3-5-15(22)6-4-14/h2-12H,13,23H2,1H3. The number of hydrogen-bond donors (Lipinski definition) is 1. The van der Waals surface area contributed by atoms with Crippen LogP contribution in [0.2, 0.25) is 0 Å². The molecule has 2 aromatic carbocycles. The van der Waals surface area contributed by atoms with Crippen LogP contribution in [0.15, 0.2) is 65.5 Å². The van der Waals surface area contributed by atoms with Crippen molar-refractivity contribution in [1.29, 1.82) is 0 Å². The highest BCUT2D eigenvalue weighted by molar-refractivity contribution is 6.11. The predicted molar refractivity (Wildman–Crippen MR) is 102 cm³/mol. The van der Waals surface area contributed by atoms with Crippen LogP contribution in [0.3, 0.4) is 0 Å². The van der Waals surface area contributed by atoms with E-state index in [2.05, 4.69) is 0 Å². The maximum atomic E-state index is 13.1. The molecule has 0 fully saturated rings. The molecule has 0 atom stereocenters. The Bertz CT molecular complexity index is 1010. The van der Waals surface area contributed by atoms with Gasteiger partial charge < -0.3 is 10.5 Å². The number of ether oxygens (including phenoxy) is 1. The molecular formula is C21H18FN2O3. The summed E-state index contributed by atoms with van der Waals surface area (Å²) in [6.45, 7) is 2.36. The first-order valence-corrected chi connectivity index (χ1v) is 8.34. The van der Waals surface area contributed by atoms with E-state index in [-0.39, 0.29) is 28.3 Å². The second kappa shape index (κ2) is 7.86. The lowest BCUT2D eigenvalue weighted by Crippen LogP contribution is -2.23. The number of carbonyl (C=O) groups excluding carboxylic acids is 1. The molecule has 0 bridgehead atoms. The van der Waals surface area contributed by atoms with Gasteiger partial charge in [0, 0.05) is 11.6 Å². The Labute approximate surface area is 155 Å². The first-order valence-electron chi connectivity index (χ1n) is 8.34. The molecule has 27 heavy (non-hydrogen) atoms. The van der Waals surface area contributed by atoms with Gasteiger partial charge in [0.15, 0.2) is 5.78 Å². The molecular weight excluding hydrogens is 347 g/mol. The molecule has 1 heterocycles. The largest absolute Gasteiger partial charge is 0.493 e. The van der Waals surface area contributed by atoms with Crippen molar-refractivity contribution in [3.63, 3.8) is 0 Å². The molecule has 0 saturated heterocycles. The van der Waals surface area contributed by atoms with Crippen molar-refractivity contribution in [3.05, 3.63) is 94.4 Å². The summed E-state index contributed by atoms with van der Waals surface area (Å²) in [6.07, 6.45) is 1.88. The van der Waals surface area contributed by atoms with Crippen LogP contribution in [0.25, 0.3) is 5.69 Å². The van der Waals surface area contributed by atoms with Crippen LogP contribution in [-0.2, 0) is 0 Å². The zero-order chi connectivity index (χ0) is 19.4. The summed E-state index contributed by atoms with van der Waals surface area (Å²) in [5, 5.41) is 0. The van der Waals surface area contributed by atoms with Crippen molar-refractivity contribution in [1.82, 2.24) is 4.57 Å². The lowest BCUT2D eigenvalue weighted by molar-refractivity contribution is 0.103. The van der Waals surface area contributed by atoms with Crippen molar-refractivity contribution in [3.8, 4) is 11.4 Å². The highest BCUT2D eigenvalue weighted by atomic mass is 19.1. The Hall–Kier alpha value is -3.41. The maximum absolute atomic E-state index is 13.1. The Balaban J connectivity index is 1.99. The molecule has 0 amide bonds. The highest BCUT2D eigenvalue weighted by Gasteiger charge is 2.17. The zero-order valence-corrected chi connectivity index (χ0v) is 14.7. The fraction of sp³-hybridized carbons (Fsp3) is 0.0952. The second-order valence-corrected chi connectivity index (χ2v) is 5.86. The molecule has 5 nitrogen and oxygen atoms in total. The molecule has 1 radical (unpaired) electrons. The number of anilines is 1. The Morgan fingerprint density at radius 1 is 1.07 bits per heavy atom. The second-order valence-electron chi connectivity index (χ2n) is 5.86. The molecule has 0 aliphatic heterocycles. The molecule has 0 aliphatic rings. The monoisotopic (exact) mass is 365 g/mol. The van der Waals surface area contributed by atoms with Gasteiger partial charge >= 0.3 is 0 Å². The van der Waals surface area contributed by atoms with Gasteiger partial charge in [-0.3, -0.25) is 14.2 Å². The highest BCUT2D eigenvalue weighted by Crippen LogP contribution is 2.21. The first-order chi connectivity index (χ1) is 13.0. The number of ketones is 1. The number of carbonyl (C=O) groups is 1. The minimum Gasteiger partial charge on any atom is -0.493 e. The van der Waals surface area contributed by atoms with Crippen LogP contribution in [0.1, 0.15) is 22.8 Å². The van der Waals surface area contributed by atoms with E-state index in [0.717, 1.165) is 0 Å². The summed E-state index contributed by atoms with van der Waals surface area (Å²) < 4.78 is 19.8. The fourth-order valence-corrected chi connectivity index (χ4v) is 2.64. The van der Waals surface area contributed by atoms with Gasteiger partial charge in [0.1, 0.15) is 17.4 Å². The topological polar surface area (TPSA) is 74.3 Å². The average Bonchev–Trinajstić information content (AvgIpc) is 2.67. The summed E-state index contributed by atoms with van der Waals surface area (Å²) in [6, 6.07) is 14.6. The number of benzene rings is 2. The van der Waals surface area contributed by atoms with E-state index in [1.54, 1.807) is 24.3 Å². The van der Waals surface area contributed by atoms with Crippen LogP contribution < -0.4 is 16.0 Å². The molecule has 6 heteroatoms. The predicted octanol–water partition coefficient (Wildman–Crippen LogP) is 3.39. The van der Waals surface area contributed by atoms with Gasteiger partial charge in [-0.05, 0) is 61.0 Å². The lowest BCUT2D eigenvalue weighted by Gasteiger charge is -2.14. The minimum absolute atomic E-state index is 0.0207. The van der Waals surface area contributed by atoms with Gasteiger partial charge in [-0.15, -0.1) is 0 Å². The van der Waals surface area contributed by atoms with E-state index in [0.29, 0.717) is 18.0 Å². The average molecular weight is 365 g/mol. The van der Waals surface area contributed by atoms with Crippen LogP contribution >= 0.6 is 0 Å². The van der Waals surface area contributed by atoms with E-state index >= 15 is 0 Å². The summed E-state index contributed by atoms with van der Waals surface area (Å²) >= 11 is 0. The summed E-state index contributed by atoms with van der Waals surface area (Å²) in [4.78, 5) is 25.0. The number of nitrogens with zero attached hydrogens (tertiary/aromatic N) is 1. The van der Waals surface area contributed by atoms with Gasteiger partial charge in [0.05, 0.1) is 17.9 Å². The van der Waals surface area contributed by atoms with Crippen LogP contribution in [-0.4, -0.2) is 17.0 Å².